The Morgan fingerprint density at radius 3 is 2.75 bits per heavy atom. The summed E-state index contributed by atoms with van der Waals surface area (Å²) in [6.45, 7) is 2.35. The van der Waals surface area contributed by atoms with Crippen LogP contribution in [0.25, 0.3) is 0 Å². The Labute approximate surface area is 93.9 Å². The fraction of sp³-hybridized carbons (Fsp3) is 0.273. The van der Waals surface area contributed by atoms with Gasteiger partial charge in [0.05, 0.1) is 17.6 Å². The van der Waals surface area contributed by atoms with Gasteiger partial charge in [-0.05, 0) is 19.1 Å². The molecule has 2 heterocycles. The van der Waals surface area contributed by atoms with Crippen LogP contribution in [0.5, 0.6) is 11.6 Å². The lowest BCUT2D eigenvalue weighted by atomic mass is 10.3. The number of ether oxygens (including phenoxy) is 1. The summed E-state index contributed by atoms with van der Waals surface area (Å²) in [5.74, 6) is 1.37. The molecular formula is C11H14N4O. The Balaban J connectivity index is 2.17. The van der Waals surface area contributed by atoms with Gasteiger partial charge in [-0.15, -0.1) is 0 Å². The molecule has 2 N–H and O–H groups in total. The van der Waals surface area contributed by atoms with Crippen molar-refractivity contribution in [1.29, 1.82) is 0 Å². The van der Waals surface area contributed by atoms with E-state index < -0.39 is 0 Å². The maximum Gasteiger partial charge on any atom is 0.217 e. The van der Waals surface area contributed by atoms with Crippen LogP contribution in [0.2, 0.25) is 0 Å². The summed E-state index contributed by atoms with van der Waals surface area (Å²) >= 11 is 0. The smallest absolute Gasteiger partial charge is 0.217 e. The first-order valence-corrected chi connectivity index (χ1v) is 5.02. The molecule has 0 atom stereocenters. The van der Waals surface area contributed by atoms with Crippen molar-refractivity contribution in [3.05, 3.63) is 35.8 Å². The monoisotopic (exact) mass is 218 g/mol. The molecule has 2 rings (SSSR count). The molecule has 0 bridgehead atoms. The maximum absolute atomic E-state index is 5.63. The van der Waals surface area contributed by atoms with Gasteiger partial charge in [0.1, 0.15) is 5.75 Å². The molecule has 0 spiro atoms. The van der Waals surface area contributed by atoms with E-state index in [2.05, 4.69) is 10.1 Å². The number of rotatable bonds is 3. The zero-order chi connectivity index (χ0) is 11.5. The summed E-state index contributed by atoms with van der Waals surface area (Å²) in [5.41, 5.74) is 7.22. The number of aromatic nitrogens is 3. The van der Waals surface area contributed by atoms with Gasteiger partial charge in [-0.25, -0.2) is 4.68 Å². The summed E-state index contributed by atoms with van der Waals surface area (Å²) in [6, 6.07) is 5.56. The Morgan fingerprint density at radius 2 is 2.25 bits per heavy atom. The molecule has 0 aliphatic rings. The molecule has 0 fully saturated rings. The number of nitrogens with two attached hydrogens (primary N) is 1. The molecule has 0 aliphatic heterocycles. The number of nitrogens with zero attached hydrogens (tertiary/aromatic N) is 3. The first-order chi connectivity index (χ1) is 7.69. The lowest BCUT2D eigenvalue weighted by Crippen LogP contribution is -1.99. The van der Waals surface area contributed by atoms with E-state index >= 15 is 0 Å². The summed E-state index contributed by atoms with van der Waals surface area (Å²) < 4.78 is 7.31. The molecule has 0 aromatic carbocycles. The number of hydrogen-bond acceptors (Lipinski definition) is 4. The minimum absolute atomic E-state index is 0.436. The largest absolute Gasteiger partial charge is 0.438 e. The predicted molar refractivity (Wildman–Crippen MR) is 60.1 cm³/mol. The highest BCUT2D eigenvalue weighted by Gasteiger charge is 2.04. The van der Waals surface area contributed by atoms with E-state index in [1.165, 1.54) is 0 Å². The zero-order valence-electron chi connectivity index (χ0n) is 9.34. The van der Waals surface area contributed by atoms with Crippen LogP contribution in [0.15, 0.2) is 24.4 Å². The van der Waals surface area contributed by atoms with Crippen molar-refractivity contribution in [3.63, 3.8) is 0 Å². The van der Waals surface area contributed by atoms with Crippen LogP contribution in [0, 0.1) is 6.92 Å². The van der Waals surface area contributed by atoms with Gasteiger partial charge >= 0.3 is 0 Å². The van der Waals surface area contributed by atoms with Gasteiger partial charge in [0.15, 0.2) is 0 Å². The van der Waals surface area contributed by atoms with Crippen molar-refractivity contribution < 1.29 is 4.74 Å². The first-order valence-electron chi connectivity index (χ1n) is 5.02. The minimum atomic E-state index is 0.436. The number of hydrogen-bond donors (Lipinski definition) is 1. The quantitative estimate of drug-likeness (QED) is 0.845. The predicted octanol–water partition coefficient (Wildman–Crippen LogP) is 1.37. The molecule has 2 aromatic heterocycles. The normalized spacial score (nSPS) is 10.4. The van der Waals surface area contributed by atoms with E-state index in [4.69, 9.17) is 10.5 Å². The molecule has 5 nitrogen and oxygen atoms in total. The molecule has 0 saturated heterocycles. The third kappa shape index (κ3) is 2.20. The molecule has 0 amide bonds. The molecular weight excluding hydrogens is 204 g/mol. The van der Waals surface area contributed by atoms with E-state index in [1.807, 2.05) is 32.2 Å². The van der Waals surface area contributed by atoms with E-state index in [9.17, 15) is 0 Å². The summed E-state index contributed by atoms with van der Waals surface area (Å²) in [7, 11) is 1.84. The third-order valence-electron chi connectivity index (χ3n) is 2.19. The van der Waals surface area contributed by atoms with Crippen LogP contribution in [0.1, 0.15) is 11.4 Å². The van der Waals surface area contributed by atoms with Crippen molar-refractivity contribution in [2.24, 2.45) is 12.8 Å². The number of aryl methyl sites for hydroxylation is 2. The molecule has 84 valence electrons. The molecule has 0 aliphatic carbocycles. The van der Waals surface area contributed by atoms with Crippen molar-refractivity contribution in [2.45, 2.75) is 13.5 Å². The Kier molecular flexibility index (Phi) is 2.87. The van der Waals surface area contributed by atoms with Gasteiger partial charge in [0.2, 0.25) is 5.88 Å². The highest BCUT2D eigenvalue weighted by molar-refractivity contribution is 5.26. The topological polar surface area (TPSA) is 66.0 Å². The summed E-state index contributed by atoms with van der Waals surface area (Å²) in [6.07, 6.45) is 1.66. The standard InChI is InChI=1S/C11H14N4O/c1-8-5-11(15(2)14-8)16-10-4-3-9(6-12)13-7-10/h3-5,7H,6,12H2,1-2H3. The zero-order valence-corrected chi connectivity index (χ0v) is 9.34. The Bertz CT molecular complexity index is 475. The lowest BCUT2D eigenvalue weighted by Gasteiger charge is -2.05. The van der Waals surface area contributed by atoms with Gasteiger partial charge in [-0.1, -0.05) is 0 Å². The molecule has 0 unspecified atom stereocenters. The average Bonchev–Trinajstić information content (AvgIpc) is 2.59. The molecule has 0 radical (unpaired) electrons. The second kappa shape index (κ2) is 4.32. The van der Waals surface area contributed by atoms with Crippen LogP contribution < -0.4 is 10.5 Å². The summed E-state index contributed by atoms with van der Waals surface area (Å²) in [5, 5.41) is 4.19. The van der Waals surface area contributed by atoms with Crippen LogP contribution in [0.4, 0.5) is 0 Å². The average molecular weight is 218 g/mol. The molecule has 2 aromatic rings. The van der Waals surface area contributed by atoms with Crippen molar-refractivity contribution in [1.82, 2.24) is 14.8 Å². The number of pyridine rings is 1. The fourth-order valence-corrected chi connectivity index (χ4v) is 1.40. The second-order valence-corrected chi connectivity index (χ2v) is 3.54. The van der Waals surface area contributed by atoms with Gasteiger partial charge in [-0.3, -0.25) is 4.98 Å². The van der Waals surface area contributed by atoms with Gasteiger partial charge in [0, 0.05) is 19.7 Å². The summed E-state index contributed by atoms with van der Waals surface area (Å²) in [4.78, 5) is 4.15. The highest BCUT2D eigenvalue weighted by Crippen LogP contribution is 2.20. The fourth-order valence-electron chi connectivity index (χ4n) is 1.40. The molecule has 0 saturated carbocycles. The molecule has 16 heavy (non-hydrogen) atoms. The van der Waals surface area contributed by atoms with Crippen LogP contribution >= 0.6 is 0 Å². The van der Waals surface area contributed by atoms with E-state index in [0.717, 1.165) is 11.4 Å². The molecule has 5 heteroatoms. The third-order valence-corrected chi connectivity index (χ3v) is 2.19. The van der Waals surface area contributed by atoms with E-state index in [1.54, 1.807) is 10.9 Å². The Morgan fingerprint density at radius 1 is 1.44 bits per heavy atom. The highest BCUT2D eigenvalue weighted by atomic mass is 16.5. The van der Waals surface area contributed by atoms with E-state index in [-0.39, 0.29) is 0 Å². The van der Waals surface area contributed by atoms with Gasteiger partial charge in [0.25, 0.3) is 0 Å². The van der Waals surface area contributed by atoms with E-state index in [0.29, 0.717) is 18.2 Å². The van der Waals surface area contributed by atoms with Crippen LogP contribution in [0.3, 0.4) is 0 Å². The minimum Gasteiger partial charge on any atom is -0.438 e. The first kappa shape index (κ1) is 10.6. The van der Waals surface area contributed by atoms with Crippen molar-refractivity contribution in [2.75, 3.05) is 0 Å². The van der Waals surface area contributed by atoms with Crippen molar-refractivity contribution in [3.8, 4) is 11.6 Å². The van der Waals surface area contributed by atoms with Crippen molar-refractivity contribution >= 4 is 0 Å². The van der Waals surface area contributed by atoms with Crippen LogP contribution in [-0.4, -0.2) is 14.8 Å². The second-order valence-electron chi connectivity index (χ2n) is 3.54. The van der Waals surface area contributed by atoms with Gasteiger partial charge < -0.3 is 10.5 Å². The SMILES string of the molecule is Cc1cc(Oc2ccc(CN)nc2)n(C)n1. The Hall–Kier alpha value is -1.88. The van der Waals surface area contributed by atoms with Gasteiger partial charge in [-0.2, -0.15) is 5.10 Å². The maximum atomic E-state index is 5.63. The lowest BCUT2D eigenvalue weighted by molar-refractivity contribution is 0.428. The van der Waals surface area contributed by atoms with Crippen LogP contribution in [-0.2, 0) is 13.6 Å².